The second-order valence-electron chi connectivity index (χ2n) is 5.11. The van der Waals surface area contributed by atoms with Gasteiger partial charge in [-0.2, -0.15) is 13.2 Å². The molecule has 1 aromatic carbocycles. The number of hydrogen-bond acceptors (Lipinski definition) is 3. The van der Waals surface area contributed by atoms with E-state index in [0.29, 0.717) is 16.2 Å². The molecule has 3 rings (SSSR count). The largest absolute Gasteiger partial charge is 0.416 e. The number of halogens is 4. The summed E-state index contributed by atoms with van der Waals surface area (Å²) in [5.74, 6) is 0.278. The predicted octanol–water partition coefficient (Wildman–Crippen LogP) is 3.98. The fourth-order valence-corrected chi connectivity index (χ4v) is 2.38. The van der Waals surface area contributed by atoms with Crippen molar-refractivity contribution in [2.75, 3.05) is 5.32 Å². The molecule has 2 aromatic heterocycles. The topological polar surface area (TPSA) is 46.4 Å². The maximum Gasteiger partial charge on any atom is 0.416 e. The van der Waals surface area contributed by atoms with Gasteiger partial charge in [0.25, 0.3) is 5.56 Å². The summed E-state index contributed by atoms with van der Waals surface area (Å²) in [6.45, 7) is 0.111. The molecule has 0 aliphatic heterocycles. The summed E-state index contributed by atoms with van der Waals surface area (Å²) in [6, 6.07) is 9.41. The molecule has 0 aliphatic carbocycles. The predicted molar refractivity (Wildman–Crippen MR) is 85.2 cm³/mol. The summed E-state index contributed by atoms with van der Waals surface area (Å²) in [4.78, 5) is 16.3. The molecule has 0 amide bonds. The van der Waals surface area contributed by atoms with Crippen molar-refractivity contribution in [2.45, 2.75) is 12.7 Å². The summed E-state index contributed by atoms with van der Waals surface area (Å²) in [5.41, 5.74) is -0.238. The number of benzene rings is 1. The summed E-state index contributed by atoms with van der Waals surface area (Å²) >= 11 is 5.83. The van der Waals surface area contributed by atoms with Crippen molar-refractivity contribution in [3.8, 4) is 0 Å². The molecule has 0 saturated heterocycles. The highest BCUT2D eigenvalue weighted by atomic mass is 35.5. The van der Waals surface area contributed by atoms with Crippen LogP contribution in [0.1, 0.15) is 11.1 Å². The van der Waals surface area contributed by atoms with E-state index in [1.54, 1.807) is 18.2 Å². The van der Waals surface area contributed by atoms with Crippen molar-refractivity contribution >= 4 is 23.1 Å². The Morgan fingerprint density at radius 3 is 2.71 bits per heavy atom. The van der Waals surface area contributed by atoms with Gasteiger partial charge in [-0.1, -0.05) is 23.7 Å². The van der Waals surface area contributed by atoms with Crippen molar-refractivity contribution in [3.05, 3.63) is 75.2 Å². The minimum absolute atomic E-state index is 0.111. The first-order valence-electron chi connectivity index (χ1n) is 6.92. The van der Waals surface area contributed by atoms with Crippen LogP contribution in [0.3, 0.4) is 0 Å². The lowest BCUT2D eigenvalue weighted by atomic mass is 10.1. The van der Waals surface area contributed by atoms with Crippen molar-refractivity contribution in [1.29, 1.82) is 0 Å². The second kappa shape index (κ2) is 6.16. The van der Waals surface area contributed by atoms with E-state index < -0.39 is 11.7 Å². The molecule has 0 fully saturated rings. The molecule has 8 heteroatoms. The van der Waals surface area contributed by atoms with Crippen LogP contribution in [0.2, 0.25) is 5.02 Å². The van der Waals surface area contributed by atoms with Crippen molar-refractivity contribution in [3.63, 3.8) is 0 Å². The normalized spacial score (nSPS) is 11.7. The van der Waals surface area contributed by atoms with Crippen LogP contribution in [0.25, 0.3) is 5.65 Å². The number of fused-ring (bicyclic) bond motifs is 1. The van der Waals surface area contributed by atoms with Crippen LogP contribution in [0.4, 0.5) is 19.0 Å². The quantitative estimate of drug-likeness (QED) is 0.774. The number of nitrogens with one attached hydrogen (secondary N) is 1. The molecule has 0 unspecified atom stereocenters. The number of nitrogens with zero attached hydrogens (tertiary/aromatic N) is 2. The van der Waals surface area contributed by atoms with Gasteiger partial charge in [0.1, 0.15) is 11.5 Å². The monoisotopic (exact) mass is 353 g/mol. The molecule has 124 valence electrons. The van der Waals surface area contributed by atoms with Crippen LogP contribution in [0.15, 0.2) is 53.5 Å². The Bertz CT molecular complexity index is 953. The number of hydrogen-bond donors (Lipinski definition) is 1. The molecule has 0 aliphatic rings. The lowest BCUT2D eigenvalue weighted by molar-refractivity contribution is -0.137. The summed E-state index contributed by atoms with van der Waals surface area (Å²) in [5, 5.41) is 3.26. The van der Waals surface area contributed by atoms with E-state index in [2.05, 4.69) is 10.3 Å². The Morgan fingerprint density at radius 2 is 1.96 bits per heavy atom. The van der Waals surface area contributed by atoms with Crippen LogP contribution in [-0.2, 0) is 12.7 Å². The molecule has 0 saturated carbocycles. The highest BCUT2D eigenvalue weighted by Gasteiger charge is 2.30. The lowest BCUT2D eigenvalue weighted by Gasteiger charge is -2.10. The molecule has 0 spiro atoms. The van der Waals surface area contributed by atoms with Gasteiger partial charge >= 0.3 is 6.18 Å². The van der Waals surface area contributed by atoms with Gasteiger partial charge in [-0.05, 0) is 29.8 Å². The maximum atomic E-state index is 12.7. The molecular weight excluding hydrogens is 343 g/mol. The molecule has 24 heavy (non-hydrogen) atoms. The number of aromatic nitrogens is 2. The van der Waals surface area contributed by atoms with Gasteiger partial charge in [0, 0.05) is 18.8 Å². The molecule has 0 radical (unpaired) electrons. The van der Waals surface area contributed by atoms with E-state index >= 15 is 0 Å². The molecular formula is C16H11ClF3N3O. The highest BCUT2D eigenvalue weighted by molar-refractivity contribution is 6.30. The molecule has 3 aromatic rings. The molecule has 1 N–H and O–H groups in total. The smallest absolute Gasteiger partial charge is 0.366 e. The van der Waals surface area contributed by atoms with Crippen molar-refractivity contribution in [1.82, 2.24) is 9.38 Å². The summed E-state index contributed by atoms with van der Waals surface area (Å²) in [6.07, 6.45) is -2.95. The van der Waals surface area contributed by atoms with Crippen LogP contribution < -0.4 is 10.9 Å². The van der Waals surface area contributed by atoms with Gasteiger partial charge in [-0.25, -0.2) is 4.98 Å². The first-order valence-corrected chi connectivity index (χ1v) is 7.30. The zero-order valence-corrected chi connectivity index (χ0v) is 12.9. The SMILES string of the molecule is O=c1cc(NCc2cccc(C(F)(F)F)c2)nc2ccc(Cl)cn12. The van der Waals surface area contributed by atoms with Gasteiger partial charge in [-0.3, -0.25) is 9.20 Å². The van der Waals surface area contributed by atoms with Crippen LogP contribution >= 0.6 is 11.6 Å². The third-order valence-electron chi connectivity index (χ3n) is 3.35. The number of rotatable bonds is 3. The fourth-order valence-electron chi connectivity index (χ4n) is 2.22. The average molecular weight is 354 g/mol. The summed E-state index contributed by atoms with van der Waals surface area (Å²) < 4.78 is 39.4. The number of alkyl halides is 3. The maximum absolute atomic E-state index is 12.7. The zero-order valence-electron chi connectivity index (χ0n) is 12.1. The zero-order chi connectivity index (χ0) is 17.3. The number of anilines is 1. The average Bonchev–Trinajstić information content (AvgIpc) is 2.53. The summed E-state index contributed by atoms with van der Waals surface area (Å²) in [7, 11) is 0. The van der Waals surface area contributed by atoms with Gasteiger partial charge in [0.15, 0.2) is 0 Å². The Balaban J connectivity index is 1.84. The van der Waals surface area contributed by atoms with E-state index in [-0.39, 0.29) is 17.9 Å². The van der Waals surface area contributed by atoms with E-state index in [1.165, 1.54) is 22.7 Å². The number of pyridine rings is 1. The molecule has 0 atom stereocenters. The van der Waals surface area contributed by atoms with Gasteiger partial charge in [-0.15, -0.1) is 0 Å². The Kier molecular flexibility index (Phi) is 4.19. The van der Waals surface area contributed by atoms with Crippen LogP contribution in [0, 0.1) is 0 Å². The van der Waals surface area contributed by atoms with Gasteiger partial charge in [0.05, 0.1) is 10.6 Å². The third-order valence-corrected chi connectivity index (χ3v) is 3.58. The molecule has 4 nitrogen and oxygen atoms in total. The Hall–Kier alpha value is -2.54. The third kappa shape index (κ3) is 3.51. The first kappa shape index (κ1) is 16.3. The van der Waals surface area contributed by atoms with E-state index in [0.717, 1.165) is 12.1 Å². The first-order chi connectivity index (χ1) is 11.3. The Morgan fingerprint density at radius 1 is 1.17 bits per heavy atom. The lowest BCUT2D eigenvalue weighted by Crippen LogP contribution is -2.16. The minimum atomic E-state index is -4.39. The van der Waals surface area contributed by atoms with Crippen molar-refractivity contribution < 1.29 is 13.2 Å². The van der Waals surface area contributed by atoms with E-state index in [1.807, 2.05) is 0 Å². The highest BCUT2D eigenvalue weighted by Crippen LogP contribution is 2.29. The molecule has 2 heterocycles. The standard InChI is InChI=1S/C16H11ClF3N3O/c17-12-4-5-14-22-13(7-15(24)23(14)9-12)21-8-10-2-1-3-11(6-10)16(18,19)20/h1-7,9,21H,8H2. The Labute approximate surface area is 139 Å². The van der Waals surface area contributed by atoms with E-state index in [4.69, 9.17) is 11.6 Å². The second-order valence-corrected chi connectivity index (χ2v) is 5.54. The van der Waals surface area contributed by atoms with Crippen molar-refractivity contribution in [2.24, 2.45) is 0 Å². The van der Waals surface area contributed by atoms with Crippen LogP contribution in [-0.4, -0.2) is 9.38 Å². The fraction of sp³-hybridized carbons (Fsp3) is 0.125. The van der Waals surface area contributed by atoms with Gasteiger partial charge in [0.2, 0.25) is 0 Å². The van der Waals surface area contributed by atoms with E-state index in [9.17, 15) is 18.0 Å². The van der Waals surface area contributed by atoms with Crippen LogP contribution in [0.5, 0.6) is 0 Å². The molecule has 0 bridgehead atoms. The van der Waals surface area contributed by atoms with Gasteiger partial charge < -0.3 is 5.32 Å². The minimum Gasteiger partial charge on any atom is -0.366 e.